The van der Waals surface area contributed by atoms with Crippen molar-refractivity contribution in [2.45, 2.75) is 6.10 Å². The SMILES string of the molecule is O=C(Oc1ccc(C=NNC(=O)C2COc3ccccc3O2)cc1)c1ccccc1Cl. The van der Waals surface area contributed by atoms with Gasteiger partial charge in [-0.05, 0) is 54.1 Å². The first-order chi connectivity index (χ1) is 15.1. The first kappa shape index (κ1) is 20.4. The van der Waals surface area contributed by atoms with Crippen molar-refractivity contribution >= 4 is 29.7 Å². The van der Waals surface area contributed by atoms with Crippen LogP contribution in [0.5, 0.6) is 17.2 Å². The largest absolute Gasteiger partial charge is 0.485 e. The minimum absolute atomic E-state index is 0.101. The molecule has 0 fully saturated rings. The molecule has 1 aliphatic rings. The second kappa shape index (κ2) is 9.32. The number of nitrogens with one attached hydrogen (secondary N) is 1. The number of carbonyl (C=O) groups is 2. The zero-order valence-electron chi connectivity index (χ0n) is 16.2. The fraction of sp³-hybridized carbons (Fsp3) is 0.0870. The van der Waals surface area contributed by atoms with Crippen LogP contribution in [0.2, 0.25) is 5.02 Å². The van der Waals surface area contributed by atoms with Gasteiger partial charge in [0.05, 0.1) is 16.8 Å². The molecule has 4 rings (SSSR count). The van der Waals surface area contributed by atoms with Gasteiger partial charge in [-0.15, -0.1) is 0 Å². The van der Waals surface area contributed by atoms with Crippen molar-refractivity contribution in [1.29, 1.82) is 0 Å². The number of benzene rings is 3. The third-order valence-electron chi connectivity index (χ3n) is 4.37. The molecule has 0 bridgehead atoms. The van der Waals surface area contributed by atoms with E-state index in [0.29, 0.717) is 27.8 Å². The second-order valence-corrected chi connectivity index (χ2v) is 6.94. The number of halogens is 1. The molecule has 1 aliphatic heterocycles. The monoisotopic (exact) mass is 436 g/mol. The van der Waals surface area contributed by atoms with Crippen LogP contribution in [-0.4, -0.2) is 30.8 Å². The molecular formula is C23H17ClN2O5. The summed E-state index contributed by atoms with van der Waals surface area (Å²) < 4.78 is 16.5. The Hall–Kier alpha value is -3.84. The maximum Gasteiger partial charge on any atom is 0.345 e. The summed E-state index contributed by atoms with van der Waals surface area (Å²) in [5.41, 5.74) is 3.42. The first-order valence-electron chi connectivity index (χ1n) is 9.38. The van der Waals surface area contributed by atoms with Crippen molar-refractivity contribution in [3.05, 3.63) is 88.9 Å². The van der Waals surface area contributed by atoms with Crippen LogP contribution in [-0.2, 0) is 4.79 Å². The molecule has 1 amide bonds. The normalized spacial score (nSPS) is 14.8. The van der Waals surface area contributed by atoms with Crippen molar-refractivity contribution in [2.24, 2.45) is 5.10 Å². The number of rotatable bonds is 5. The molecule has 3 aromatic rings. The van der Waals surface area contributed by atoms with Crippen LogP contribution in [0.15, 0.2) is 77.9 Å². The molecule has 0 saturated heterocycles. The lowest BCUT2D eigenvalue weighted by Crippen LogP contribution is -2.42. The molecule has 31 heavy (non-hydrogen) atoms. The van der Waals surface area contributed by atoms with Gasteiger partial charge >= 0.3 is 5.97 Å². The Morgan fingerprint density at radius 3 is 2.48 bits per heavy atom. The van der Waals surface area contributed by atoms with Gasteiger partial charge in [0.25, 0.3) is 5.91 Å². The Balaban J connectivity index is 1.30. The zero-order valence-corrected chi connectivity index (χ0v) is 16.9. The molecule has 156 valence electrons. The number of hydrogen-bond acceptors (Lipinski definition) is 6. The maximum absolute atomic E-state index is 12.2. The second-order valence-electron chi connectivity index (χ2n) is 6.54. The van der Waals surface area contributed by atoms with E-state index in [2.05, 4.69) is 10.5 Å². The van der Waals surface area contributed by atoms with Crippen LogP contribution >= 0.6 is 11.6 Å². The highest BCUT2D eigenvalue weighted by Gasteiger charge is 2.26. The average Bonchev–Trinajstić information content (AvgIpc) is 2.80. The molecule has 0 radical (unpaired) electrons. The summed E-state index contributed by atoms with van der Waals surface area (Å²) in [7, 11) is 0. The molecule has 0 spiro atoms. The van der Waals surface area contributed by atoms with Gasteiger partial charge in [0.15, 0.2) is 11.5 Å². The Bertz CT molecular complexity index is 1130. The molecule has 0 aliphatic carbocycles. The van der Waals surface area contributed by atoms with Gasteiger partial charge in [-0.1, -0.05) is 35.9 Å². The lowest BCUT2D eigenvalue weighted by Gasteiger charge is -2.24. The van der Waals surface area contributed by atoms with Crippen LogP contribution in [0, 0.1) is 0 Å². The summed E-state index contributed by atoms with van der Waals surface area (Å²) in [4.78, 5) is 24.4. The van der Waals surface area contributed by atoms with Crippen LogP contribution in [0.25, 0.3) is 0 Å². The summed E-state index contributed by atoms with van der Waals surface area (Å²) in [5, 5.41) is 4.26. The quantitative estimate of drug-likeness (QED) is 0.284. The Kier molecular flexibility index (Phi) is 6.14. The van der Waals surface area contributed by atoms with Crippen LogP contribution in [0.3, 0.4) is 0 Å². The van der Waals surface area contributed by atoms with Crippen molar-refractivity contribution in [1.82, 2.24) is 5.43 Å². The number of fused-ring (bicyclic) bond motifs is 1. The minimum atomic E-state index is -0.793. The number of hydrogen-bond donors (Lipinski definition) is 1. The highest BCUT2D eigenvalue weighted by Crippen LogP contribution is 2.30. The molecule has 3 aromatic carbocycles. The molecular weight excluding hydrogens is 420 g/mol. The molecule has 0 aromatic heterocycles. The number of nitrogens with zero attached hydrogens (tertiary/aromatic N) is 1. The molecule has 1 unspecified atom stereocenters. The van der Waals surface area contributed by atoms with E-state index in [9.17, 15) is 9.59 Å². The number of ether oxygens (including phenoxy) is 3. The number of carbonyl (C=O) groups excluding carboxylic acids is 2. The third kappa shape index (κ3) is 5.02. The fourth-order valence-corrected chi connectivity index (χ4v) is 3.01. The predicted octanol–water partition coefficient (Wildman–Crippen LogP) is 3.85. The lowest BCUT2D eigenvalue weighted by atomic mass is 10.2. The van der Waals surface area contributed by atoms with Crippen LogP contribution in [0.4, 0.5) is 0 Å². The molecule has 1 N–H and O–H groups in total. The summed E-state index contributed by atoms with van der Waals surface area (Å²) in [6.07, 6.45) is 0.675. The highest BCUT2D eigenvalue weighted by atomic mass is 35.5. The van der Waals surface area contributed by atoms with Gasteiger partial charge in [0.2, 0.25) is 6.10 Å². The van der Waals surface area contributed by atoms with Crippen molar-refractivity contribution in [3.63, 3.8) is 0 Å². The van der Waals surface area contributed by atoms with Gasteiger partial charge in [0, 0.05) is 0 Å². The lowest BCUT2D eigenvalue weighted by molar-refractivity contribution is -0.130. The van der Waals surface area contributed by atoms with E-state index in [1.807, 2.05) is 6.07 Å². The number of para-hydroxylation sites is 2. The molecule has 1 atom stereocenters. The minimum Gasteiger partial charge on any atom is -0.485 e. The van der Waals surface area contributed by atoms with E-state index in [0.717, 1.165) is 0 Å². The number of amides is 1. The van der Waals surface area contributed by atoms with E-state index in [4.69, 9.17) is 25.8 Å². The zero-order chi connectivity index (χ0) is 21.6. The Morgan fingerprint density at radius 2 is 1.71 bits per heavy atom. The standard InChI is InChI=1S/C23H17ClN2O5/c24-18-6-2-1-5-17(18)23(28)30-16-11-9-15(10-12-16)13-25-26-22(27)21-14-29-19-7-3-4-8-20(19)31-21/h1-13,21H,14H2,(H,26,27). The van der Waals surface area contributed by atoms with Gasteiger partial charge in [-0.2, -0.15) is 5.10 Å². The van der Waals surface area contributed by atoms with Gasteiger partial charge in [0.1, 0.15) is 12.4 Å². The van der Waals surface area contributed by atoms with E-state index >= 15 is 0 Å². The maximum atomic E-state index is 12.2. The van der Waals surface area contributed by atoms with Crippen LogP contribution in [0.1, 0.15) is 15.9 Å². The van der Waals surface area contributed by atoms with E-state index in [-0.39, 0.29) is 12.2 Å². The number of hydrazone groups is 1. The van der Waals surface area contributed by atoms with Gasteiger partial charge < -0.3 is 14.2 Å². The van der Waals surface area contributed by atoms with Gasteiger partial charge in [-0.3, -0.25) is 4.79 Å². The smallest absolute Gasteiger partial charge is 0.345 e. The third-order valence-corrected chi connectivity index (χ3v) is 4.70. The number of esters is 1. The first-order valence-corrected chi connectivity index (χ1v) is 9.76. The molecule has 0 saturated carbocycles. The summed E-state index contributed by atoms with van der Waals surface area (Å²) in [6.45, 7) is 0.101. The topological polar surface area (TPSA) is 86.2 Å². The summed E-state index contributed by atoms with van der Waals surface area (Å²) in [6, 6.07) is 20.4. The van der Waals surface area contributed by atoms with Crippen molar-refractivity contribution in [2.75, 3.05) is 6.61 Å². The van der Waals surface area contributed by atoms with Gasteiger partial charge in [-0.25, -0.2) is 10.2 Å². The highest BCUT2D eigenvalue weighted by molar-refractivity contribution is 6.33. The summed E-state index contributed by atoms with van der Waals surface area (Å²) in [5.74, 6) is 0.509. The average molecular weight is 437 g/mol. The predicted molar refractivity (Wildman–Crippen MR) is 115 cm³/mol. The van der Waals surface area contributed by atoms with Crippen molar-refractivity contribution < 1.29 is 23.8 Å². The van der Waals surface area contributed by atoms with E-state index in [1.165, 1.54) is 6.21 Å². The molecule has 1 heterocycles. The van der Waals surface area contributed by atoms with Crippen molar-refractivity contribution in [3.8, 4) is 17.2 Å². The van der Waals surface area contributed by atoms with E-state index < -0.39 is 18.0 Å². The molecule has 8 heteroatoms. The van der Waals surface area contributed by atoms with E-state index in [1.54, 1.807) is 66.7 Å². The van der Waals surface area contributed by atoms with Crippen LogP contribution < -0.4 is 19.6 Å². The Morgan fingerprint density at radius 1 is 1.00 bits per heavy atom. The summed E-state index contributed by atoms with van der Waals surface area (Å²) >= 11 is 6.00. The molecule has 7 nitrogen and oxygen atoms in total. The Labute approximate surface area is 183 Å². The fourth-order valence-electron chi connectivity index (χ4n) is 2.80.